The number of hydrogen-bond donors (Lipinski definition) is 1. The fourth-order valence-electron chi connectivity index (χ4n) is 4.35. The molecule has 1 saturated heterocycles. The van der Waals surface area contributed by atoms with Crippen molar-refractivity contribution >= 4 is 34.2 Å². The summed E-state index contributed by atoms with van der Waals surface area (Å²) in [4.78, 5) is 7.03. The lowest BCUT2D eigenvalue weighted by atomic mass is 9.74. The Kier molecular flexibility index (Phi) is 3.72. The van der Waals surface area contributed by atoms with Crippen LogP contribution in [0.15, 0.2) is 12.5 Å². The minimum absolute atomic E-state index is 0.501. The molecule has 22 heavy (non-hydrogen) atoms. The average Bonchev–Trinajstić information content (AvgIpc) is 3.17. The summed E-state index contributed by atoms with van der Waals surface area (Å²) >= 11 is 2.26. The Morgan fingerprint density at radius 3 is 2.91 bits per heavy atom. The third kappa shape index (κ3) is 2.20. The first-order valence-corrected chi connectivity index (χ1v) is 9.08. The van der Waals surface area contributed by atoms with Crippen molar-refractivity contribution in [1.82, 2.24) is 24.9 Å². The molecule has 1 saturated carbocycles. The Morgan fingerprint density at radius 1 is 1.32 bits per heavy atom. The number of aromatic nitrogens is 4. The van der Waals surface area contributed by atoms with Crippen LogP contribution in [0.4, 0.5) is 5.95 Å². The van der Waals surface area contributed by atoms with Gasteiger partial charge in [-0.1, -0.05) is 6.42 Å². The molecule has 1 atom stereocenters. The quantitative estimate of drug-likeness (QED) is 0.766. The minimum Gasteiger partial charge on any atom is -0.342 e. The molecular formula is C15H21IN6. The summed E-state index contributed by atoms with van der Waals surface area (Å²) in [7, 11) is 2.12. The van der Waals surface area contributed by atoms with Crippen molar-refractivity contribution in [2.75, 3.05) is 25.0 Å². The third-order valence-corrected chi connectivity index (χ3v) is 6.33. The fourth-order valence-corrected chi connectivity index (χ4v) is 4.86. The highest BCUT2D eigenvalue weighted by Gasteiger charge is 2.44. The highest BCUT2D eigenvalue weighted by molar-refractivity contribution is 14.1. The van der Waals surface area contributed by atoms with E-state index in [1.54, 1.807) is 6.33 Å². The van der Waals surface area contributed by atoms with E-state index in [0.29, 0.717) is 11.5 Å². The maximum absolute atomic E-state index is 4.64. The normalized spacial score (nSPS) is 24.5. The topological polar surface area (TPSA) is 58.3 Å². The highest BCUT2D eigenvalue weighted by atomic mass is 127. The van der Waals surface area contributed by atoms with E-state index in [1.165, 1.54) is 32.1 Å². The molecule has 7 heteroatoms. The van der Waals surface area contributed by atoms with Gasteiger partial charge in [-0.2, -0.15) is 0 Å². The maximum atomic E-state index is 4.64. The summed E-state index contributed by atoms with van der Waals surface area (Å²) in [5, 5.41) is 11.8. The number of nitrogens with zero attached hydrogens (tertiary/aromatic N) is 5. The number of nitrogens with one attached hydrogen (secondary N) is 1. The molecule has 2 fully saturated rings. The molecule has 4 rings (SSSR count). The summed E-state index contributed by atoms with van der Waals surface area (Å²) < 4.78 is 3.06. The zero-order valence-electron chi connectivity index (χ0n) is 12.8. The minimum atomic E-state index is 0.501. The van der Waals surface area contributed by atoms with Crippen LogP contribution in [0, 0.1) is 8.99 Å². The lowest BCUT2D eigenvalue weighted by molar-refractivity contribution is 0.177. The summed E-state index contributed by atoms with van der Waals surface area (Å²) in [6, 6.07) is 0.689. The Hall–Kier alpha value is -0.960. The summed E-state index contributed by atoms with van der Waals surface area (Å²) in [6.45, 7) is 2.14. The van der Waals surface area contributed by atoms with E-state index in [1.807, 2.05) is 10.6 Å². The molecule has 0 unspecified atom stereocenters. The number of rotatable bonds is 2. The third-order valence-electron chi connectivity index (χ3n) is 5.57. The van der Waals surface area contributed by atoms with Gasteiger partial charge in [0.25, 0.3) is 0 Å². The maximum Gasteiger partial charge on any atom is 0.212 e. The predicted octanol–water partition coefficient (Wildman–Crippen LogP) is 2.09. The molecule has 0 bridgehead atoms. The van der Waals surface area contributed by atoms with E-state index < -0.39 is 0 Å². The van der Waals surface area contributed by atoms with Gasteiger partial charge in [-0.05, 0) is 60.7 Å². The van der Waals surface area contributed by atoms with Gasteiger partial charge in [0.15, 0.2) is 5.65 Å². The molecule has 6 nitrogen and oxygen atoms in total. The molecule has 2 aliphatic rings. The molecule has 1 aliphatic heterocycles. The summed E-state index contributed by atoms with van der Waals surface area (Å²) in [5.41, 5.74) is 1.40. The molecule has 118 valence electrons. The van der Waals surface area contributed by atoms with Crippen LogP contribution in [0.1, 0.15) is 32.1 Å². The number of anilines is 1. The van der Waals surface area contributed by atoms with Crippen LogP contribution in [0.25, 0.3) is 5.65 Å². The van der Waals surface area contributed by atoms with Crippen LogP contribution in [0.2, 0.25) is 0 Å². The molecule has 2 aromatic heterocycles. The summed E-state index contributed by atoms with van der Waals surface area (Å²) in [5.74, 6) is 0.981. The van der Waals surface area contributed by atoms with E-state index in [0.717, 1.165) is 28.3 Å². The lowest BCUT2D eigenvalue weighted by Crippen LogP contribution is -2.48. The average molecular weight is 412 g/mol. The van der Waals surface area contributed by atoms with Crippen LogP contribution in [0.3, 0.4) is 0 Å². The van der Waals surface area contributed by atoms with Crippen LogP contribution < -0.4 is 10.2 Å². The molecule has 0 aromatic carbocycles. The number of hydrogen-bond acceptors (Lipinski definition) is 5. The standard InChI is InChI=1S/C15H21IN6/c1-17-12-3-2-4-15(12)5-7-21(8-6-15)14-18-9-11(16)13-20-19-10-22(13)14/h9-10,12,17H,2-8H2,1H3/t12-/m1/s1. The Balaban J connectivity index is 1.58. The van der Waals surface area contributed by atoms with Gasteiger partial charge in [-0.25, -0.2) is 4.98 Å². The van der Waals surface area contributed by atoms with Gasteiger partial charge in [0.2, 0.25) is 5.95 Å². The molecule has 0 amide bonds. The second kappa shape index (κ2) is 5.59. The van der Waals surface area contributed by atoms with Crippen molar-refractivity contribution < 1.29 is 0 Å². The van der Waals surface area contributed by atoms with Crippen molar-refractivity contribution in [3.05, 3.63) is 16.1 Å². The smallest absolute Gasteiger partial charge is 0.212 e. The molecular weight excluding hydrogens is 391 g/mol. The molecule has 0 radical (unpaired) electrons. The highest BCUT2D eigenvalue weighted by Crippen LogP contribution is 2.46. The molecule has 1 aliphatic carbocycles. The number of fused-ring (bicyclic) bond motifs is 1. The van der Waals surface area contributed by atoms with Crippen molar-refractivity contribution in [1.29, 1.82) is 0 Å². The van der Waals surface area contributed by atoms with E-state index in [2.05, 4.69) is 55.0 Å². The first-order valence-electron chi connectivity index (χ1n) is 8.00. The second-order valence-corrected chi connectivity index (χ2v) is 7.68. The van der Waals surface area contributed by atoms with Crippen molar-refractivity contribution in [3.8, 4) is 0 Å². The van der Waals surface area contributed by atoms with Crippen LogP contribution in [-0.2, 0) is 0 Å². The monoisotopic (exact) mass is 412 g/mol. The van der Waals surface area contributed by atoms with E-state index >= 15 is 0 Å². The zero-order valence-corrected chi connectivity index (χ0v) is 15.0. The van der Waals surface area contributed by atoms with E-state index in [4.69, 9.17) is 0 Å². The van der Waals surface area contributed by atoms with Gasteiger partial charge in [0, 0.05) is 25.3 Å². The molecule has 3 heterocycles. The molecule has 2 aromatic rings. The largest absolute Gasteiger partial charge is 0.342 e. The second-order valence-electron chi connectivity index (χ2n) is 6.51. The van der Waals surface area contributed by atoms with E-state index in [-0.39, 0.29) is 0 Å². The van der Waals surface area contributed by atoms with E-state index in [9.17, 15) is 0 Å². The number of halogens is 1. The Labute approximate surface area is 143 Å². The summed E-state index contributed by atoms with van der Waals surface area (Å²) in [6.07, 6.45) is 10.2. The fraction of sp³-hybridized carbons (Fsp3) is 0.667. The first kappa shape index (κ1) is 14.6. The lowest BCUT2D eigenvalue weighted by Gasteiger charge is -2.43. The van der Waals surface area contributed by atoms with Gasteiger partial charge in [0.05, 0.1) is 3.57 Å². The van der Waals surface area contributed by atoms with Crippen molar-refractivity contribution in [2.45, 2.75) is 38.1 Å². The first-order chi connectivity index (χ1) is 10.7. The predicted molar refractivity (Wildman–Crippen MR) is 94.1 cm³/mol. The van der Waals surface area contributed by atoms with Crippen LogP contribution in [0.5, 0.6) is 0 Å². The van der Waals surface area contributed by atoms with Crippen LogP contribution >= 0.6 is 22.6 Å². The van der Waals surface area contributed by atoms with Crippen LogP contribution in [-0.4, -0.2) is 45.8 Å². The van der Waals surface area contributed by atoms with Gasteiger partial charge in [-0.15, -0.1) is 10.2 Å². The molecule has 1 spiro atoms. The SMILES string of the molecule is CN[C@@H]1CCCC12CCN(c1ncc(I)c3nncn13)CC2. The van der Waals surface area contributed by atoms with Gasteiger partial charge in [-0.3, -0.25) is 4.40 Å². The molecule has 1 N–H and O–H groups in total. The van der Waals surface area contributed by atoms with Gasteiger partial charge in [0.1, 0.15) is 6.33 Å². The van der Waals surface area contributed by atoms with Crippen molar-refractivity contribution in [2.24, 2.45) is 5.41 Å². The Morgan fingerprint density at radius 2 is 2.14 bits per heavy atom. The van der Waals surface area contributed by atoms with Gasteiger partial charge >= 0.3 is 0 Å². The number of piperidine rings is 1. The zero-order chi connectivity index (χ0) is 15.2. The Bertz CT molecular complexity index is 676. The van der Waals surface area contributed by atoms with Crippen molar-refractivity contribution in [3.63, 3.8) is 0 Å². The van der Waals surface area contributed by atoms with Gasteiger partial charge < -0.3 is 10.2 Å².